The SMILES string of the molecule is CCCc1n(-c2nc(Cl)nc3c2ncn3[C@@H]2C[C@H](OC(=O)c3ccc(C)cc3)[C@@H](COC(=O)c3ccc(C)cc3)O2)cc[n+]1Cc1ccccc1. The number of imidazole rings is 2. The zero-order valence-electron chi connectivity index (χ0n) is 28.6. The van der Waals surface area contributed by atoms with Gasteiger partial charge in [-0.05, 0) is 61.7 Å². The minimum absolute atomic E-state index is 0.0499. The Balaban J connectivity index is 1.18. The number of aromatic nitrogens is 6. The molecule has 1 saturated heterocycles. The number of esters is 2. The Morgan fingerprint density at radius 3 is 2.31 bits per heavy atom. The van der Waals surface area contributed by atoms with Crippen molar-refractivity contribution in [3.8, 4) is 5.82 Å². The lowest BCUT2D eigenvalue weighted by Crippen LogP contribution is -2.37. The third kappa shape index (κ3) is 7.40. The fourth-order valence-electron chi connectivity index (χ4n) is 6.29. The highest BCUT2D eigenvalue weighted by Crippen LogP contribution is 2.35. The number of benzene rings is 3. The van der Waals surface area contributed by atoms with Crippen molar-refractivity contribution in [2.45, 2.75) is 65.0 Å². The lowest BCUT2D eigenvalue weighted by Gasteiger charge is -2.19. The molecule has 0 aliphatic carbocycles. The summed E-state index contributed by atoms with van der Waals surface area (Å²) in [6.45, 7) is 6.60. The molecule has 0 radical (unpaired) electrons. The second-order valence-electron chi connectivity index (χ2n) is 12.7. The Labute approximate surface area is 300 Å². The van der Waals surface area contributed by atoms with Crippen LogP contribution in [0.4, 0.5) is 0 Å². The van der Waals surface area contributed by atoms with Gasteiger partial charge in [0.2, 0.25) is 5.28 Å². The Hall–Kier alpha value is -5.39. The molecule has 6 aromatic rings. The van der Waals surface area contributed by atoms with Crippen molar-refractivity contribution >= 4 is 34.7 Å². The lowest BCUT2D eigenvalue weighted by atomic mass is 10.1. The van der Waals surface area contributed by atoms with Gasteiger partial charge in [-0.15, -0.1) is 0 Å². The highest BCUT2D eigenvalue weighted by atomic mass is 35.5. The summed E-state index contributed by atoms with van der Waals surface area (Å²) in [6, 6.07) is 24.5. The maximum absolute atomic E-state index is 13.3. The summed E-state index contributed by atoms with van der Waals surface area (Å²) in [4.78, 5) is 40.1. The number of halogens is 1. The van der Waals surface area contributed by atoms with E-state index in [1.54, 1.807) is 35.2 Å². The molecule has 260 valence electrons. The molecule has 12 heteroatoms. The molecule has 1 fully saturated rings. The predicted octanol–water partition coefficient (Wildman–Crippen LogP) is 6.55. The van der Waals surface area contributed by atoms with Gasteiger partial charge in [0.1, 0.15) is 44.0 Å². The molecule has 51 heavy (non-hydrogen) atoms. The number of carbonyl (C=O) groups excluding carboxylic acids is 2. The number of hydrogen-bond donors (Lipinski definition) is 0. The average molecular weight is 706 g/mol. The maximum atomic E-state index is 13.3. The highest BCUT2D eigenvalue weighted by molar-refractivity contribution is 6.28. The first-order chi connectivity index (χ1) is 24.8. The van der Waals surface area contributed by atoms with Crippen LogP contribution in [-0.4, -0.2) is 54.8 Å². The van der Waals surface area contributed by atoms with Crippen LogP contribution >= 0.6 is 11.6 Å². The van der Waals surface area contributed by atoms with Gasteiger partial charge in [-0.3, -0.25) is 4.57 Å². The van der Waals surface area contributed by atoms with Crippen LogP contribution in [0, 0.1) is 13.8 Å². The quantitative estimate of drug-likeness (QED) is 0.0848. The van der Waals surface area contributed by atoms with Crippen molar-refractivity contribution in [2.75, 3.05) is 6.61 Å². The Morgan fingerprint density at radius 2 is 1.63 bits per heavy atom. The number of aryl methyl sites for hydroxylation is 2. The third-order valence-corrected chi connectivity index (χ3v) is 9.15. The van der Waals surface area contributed by atoms with Crippen LogP contribution in [0.15, 0.2) is 97.6 Å². The summed E-state index contributed by atoms with van der Waals surface area (Å²) in [5, 5.41) is 0.0499. The summed E-state index contributed by atoms with van der Waals surface area (Å²) in [6.07, 6.45) is 5.46. The van der Waals surface area contributed by atoms with E-state index in [1.165, 1.54) is 5.56 Å². The van der Waals surface area contributed by atoms with Gasteiger partial charge >= 0.3 is 11.9 Å². The molecule has 11 nitrogen and oxygen atoms in total. The van der Waals surface area contributed by atoms with Gasteiger partial charge in [-0.25, -0.2) is 19.1 Å². The molecule has 3 atom stereocenters. The van der Waals surface area contributed by atoms with E-state index >= 15 is 0 Å². The van der Waals surface area contributed by atoms with Crippen LogP contribution in [0.1, 0.15) is 69.2 Å². The number of hydrogen-bond acceptors (Lipinski definition) is 8. The van der Waals surface area contributed by atoms with Crippen molar-refractivity contribution in [3.05, 3.63) is 137 Å². The zero-order valence-corrected chi connectivity index (χ0v) is 29.4. The summed E-state index contributed by atoms with van der Waals surface area (Å²) in [5.41, 5.74) is 5.06. The summed E-state index contributed by atoms with van der Waals surface area (Å²) < 4.78 is 24.1. The summed E-state index contributed by atoms with van der Waals surface area (Å²) in [5.74, 6) is 0.592. The molecule has 1 aliphatic rings. The third-order valence-electron chi connectivity index (χ3n) is 8.98. The van der Waals surface area contributed by atoms with E-state index in [0.717, 1.165) is 29.8 Å². The first-order valence-corrected chi connectivity index (χ1v) is 17.4. The molecule has 7 rings (SSSR count). The van der Waals surface area contributed by atoms with Crippen molar-refractivity contribution in [1.29, 1.82) is 0 Å². The van der Waals surface area contributed by atoms with Crippen LogP contribution in [-0.2, 0) is 27.2 Å². The second kappa shape index (κ2) is 14.8. The van der Waals surface area contributed by atoms with Crippen LogP contribution < -0.4 is 4.57 Å². The Kier molecular flexibility index (Phi) is 9.92. The summed E-state index contributed by atoms with van der Waals surface area (Å²) in [7, 11) is 0. The van der Waals surface area contributed by atoms with Gasteiger partial charge in [0, 0.05) is 12.8 Å². The minimum atomic E-state index is -0.759. The molecule has 4 heterocycles. The highest BCUT2D eigenvalue weighted by Gasteiger charge is 2.41. The van der Waals surface area contributed by atoms with Crippen molar-refractivity contribution < 1.29 is 28.4 Å². The van der Waals surface area contributed by atoms with E-state index in [2.05, 4.69) is 33.6 Å². The number of ether oxygens (including phenoxy) is 3. The normalized spacial score (nSPS) is 17.1. The first kappa shape index (κ1) is 34.1. The van der Waals surface area contributed by atoms with Crippen molar-refractivity contribution in [3.63, 3.8) is 0 Å². The molecule has 0 unspecified atom stereocenters. The fourth-order valence-corrected chi connectivity index (χ4v) is 6.45. The van der Waals surface area contributed by atoms with Crippen molar-refractivity contribution in [2.24, 2.45) is 0 Å². The van der Waals surface area contributed by atoms with E-state index in [4.69, 9.17) is 30.8 Å². The molecule has 3 aromatic heterocycles. The van der Waals surface area contributed by atoms with Crippen molar-refractivity contribution in [1.82, 2.24) is 24.1 Å². The number of carbonyl (C=O) groups is 2. The molecule has 3 aromatic carbocycles. The number of fused-ring (bicyclic) bond motifs is 1. The van der Waals surface area contributed by atoms with Gasteiger partial charge in [0.05, 0.1) is 17.5 Å². The largest absolute Gasteiger partial charge is 0.459 e. The van der Waals surface area contributed by atoms with Crippen LogP contribution in [0.2, 0.25) is 5.28 Å². The van der Waals surface area contributed by atoms with E-state index in [-0.39, 0.29) is 18.3 Å². The molecule has 0 N–H and O–H groups in total. The topological polar surface area (TPSA) is 114 Å². The van der Waals surface area contributed by atoms with E-state index < -0.39 is 30.4 Å². The second-order valence-corrected chi connectivity index (χ2v) is 13.1. The number of rotatable bonds is 11. The molecular formula is C39H38ClN6O5+. The van der Waals surface area contributed by atoms with Crippen LogP contribution in [0.3, 0.4) is 0 Å². The van der Waals surface area contributed by atoms with E-state index in [1.807, 2.05) is 73.3 Å². The van der Waals surface area contributed by atoms with Gasteiger partial charge in [0.15, 0.2) is 11.2 Å². The van der Waals surface area contributed by atoms with Crippen LogP contribution in [0.25, 0.3) is 17.0 Å². The zero-order chi connectivity index (χ0) is 35.5. The first-order valence-electron chi connectivity index (χ1n) is 17.0. The average Bonchev–Trinajstić information content (AvgIpc) is 3.85. The maximum Gasteiger partial charge on any atom is 0.338 e. The molecular weight excluding hydrogens is 668 g/mol. The molecule has 0 saturated carbocycles. The fraction of sp³-hybridized carbons (Fsp3) is 0.282. The van der Waals surface area contributed by atoms with Gasteiger partial charge in [-0.2, -0.15) is 14.5 Å². The van der Waals surface area contributed by atoms with Gasteiger partial charge in [-0.1, -0.05) is 72.6 Å². The van der Waals surface area contributed by atoms with E-state index in [9.17, 15) is 9.59 Å². The van der Waals surface area contributed by atoms with E-state index in [0.29, 0.717) is 34.7 Å². The molecule has 1 aliphatic heterocycles. The summed E-state index contributed by atoms with van der Waals surface area (Å²) >= 11 is 6.58. The number of nitrogens with zero attached hydrogens (tertiary/aromatic N) is 6. The Morgan fingerprint density at radius 1 is 0.941 bits per heavy atom. The van der Waals surface area contributed by atoms with Gasteiger partial charge < -0.3 is 14.2 Å². The molecule has 0 bridgehead atoms. The Bertz CT molecular complexity index is 2160. The smallest absolute Gasteiger partial charge is 0.338 e. The standard InChI is InChI=1S/C39H38ClN6O5/c1-4-8-32-44(22-27-9-6-5-7-10-27)19-20-45(32)35-34-36(43-39(40)42-35)46(24-41-34)33-21-30(51-38(48)29-17-13-26(3)14-18-29)31(50-33)23-49-37(47)28-15-11-25(2)12-16-28/h5-7,9-20,24,30-31,33H,4,8,21-23H2,1-3H3/q+1/t30-,31+,33-/m0/s1. The van der Waals surface area contributed by atoms with Crippen LogP contribution in [0.5, 0.6) is 0 Å². The lowest BCUT2D eigenvalue weighted by molar-refractivity contribution is -0.695. The molecule has 0 amide bonds. The predicted molar refractivity (Wildman–Crippen MR) is 190 cm³/mol. The van der Waals surface area contributed by atoms with Gasteiger partial charge in [0.25, 0.3) is 11.6 Å². The molecule has 0 spiro atoms. The monoisotopic (exact) mass is 705 g/mol. The minimum Gasteiger partial charge on any atom is -0.459 e.